The van der Waals surface area contributed by atoms with Gasteiger partial charge in [0.2, 0.25) is 0 Å². The fraction of sp³-hybridized carbons (Fsp3) is 0.900. The van der Waals surface area contributed by atoms with Gasteiger partial charge in [0.25, 0.3) is 20.3 Å². The summed E-state index contributed by atoms with van der Waals surface area (Å²) in [5.74, 6) is 3.94. The van der Waals surface area contributed by atoms with E-state index in [2.05, 4.69) is 60.8 Å². The first-order chi connectivity index (χ1) is 30.8. The molecule has 0 saturated carbocycles. The van der Waals surface area contributed by atoms with Gasteiger partial charge in [-0.3, -0.25) is 0 Å². The molecular formula is C40H74Cu3N13O12-8. The first-order valence-corrected chi connectivity index (χ1v) is 22.7. The zero-order chi connectivity index (χ0) is 47.2. The second-order valence-corrected chi connectivity index (χ2v) is 16.2. The van der Waals surface area contributed by atoms with Crippen molar-refractivity contribution < 1.29 is 92.4 Å². The molecule has 0 aromatic heterocycles. The molecule has 8 rings (SSSR count). The number of hydrogen-bond donors (Lipinski definition) is 4. The number of nitrogens with zero attached hydrogens (tertiary/aromatic N) is 12. The molecule has 7 saturated heterocycles. The van der Waals surface area contributed by atoms with Crippen LogP contribution >= 0.6 is 0 Å². The van der Waals surface area contributed by atoms with Crippen molar-refractivity contribution in [2.24, 2.45) is 23.7 Å². The third-order valence-corrected chi connectivity index (χ3v) is 11.9. The van der Waals surface area contributed by atoms with Gasteiger partial charge in [0.1, 0.15) is 0 Å². The molecule has 0 aliphatic carbocycles. The molecular weight excluding hydrogens is 1050 g/mol. The molecule has 0 spiro atoms. The molecule has 68 heavy (non-hydrogen) atoms. The average Bonchev–Trinajstić information content (AvgIpc) is 3.31. The van der Waals surface area contributed by atoms with Crippen LogP contribution in [0.3, 0.4) is 0 Å². The zero-order valence-corrected chi connectivity index (χ0v) is 41.5. The summed E-state index contributed by atoms with van der Waals surface area (Å²) >= 11 is 0. The molecule has 8 aliphatic rings. The van der Waals surface area contributed by atoms with Crippen LogP contribution in [0, 0.1) is 64.1 Å². The Morgan fingerprint density at radius 1 is 0.441 bits per heavy atom. The molecule has 7 fully saturated rings. The molecule has 0 bridgehead atoms. The summed E-state index contributed by atoms with van der Waals surface area (Å²) in [4.78, 5) is 33.4. The van der Waals surface area contributed by atoms with E-state index in [1.165, 1.54) is 115 Å². The van der Waals surface area contributed by atoms with Crippen LogP contribution in [0.4, 0.5) is 0 Å². The Morgan fingerprint density at radius 2 is 0.721 bits per heavy atom. The van der Waals surface area contributed by atoms with Gasteiger partial charge in [-0.2, -0.15) is 17.8 Å². The SMILES string of the molecule is C1=CC[N-]C(C2CCCC[N-]2)=C1.C1CC(C2CC[N-]CC2)CC[N-]1.C1CC(C2CC[N-]CC2)CC[N-]1.C1CCC(C2CCCC[N-]2)[N-]C1.O=[N+]([O-])O.O=[N+]([O-])O.O=[N+]([O-])O.O=[N+]([O-])O.[Cu+].[Cu].[Cu].[NH2-]. The van der Waals surface area contributed by atoms with E-state index in [4.69, 9.17) is 61.3 Å². The van der Waals surface area contributed by atoms with E-state index in [0.29, 0.717) is 18.1 Å². The second-order valence-electron chi connectivity index (χ2n) is 16.2. The predicted octanol–water partition coefficient (Wildman–Crippen LogP) is 10.0. The van der Waals surface area contributed by atoms with E-state index >= 15 is 0 Å². The number of rotatable bonds is 4. The van der Waals surface area contributed by atoms with Crippen LogP contribution in [0.1, 0.15) is 109 Å². The molecule has 6 N–H and O–H groups in total. The normalized spacial score (nSPS) is 23.5. The van der Waals surface area contributed by atoms with Gasteiger partial charge in [-0.1, -0.05) is 121 Å². The smallest absolute Gasteiger partial charge is 0.693 e. The predicted molar refractivity (Wildman–Crippen MR) is 247 cm³/mol. The first kappa shape index (κ1) is 71.9. The van der Waals surface area contributed by atoms with Crippen molar-refractivity contribution in [3.63, 3.8) is 0 Å². The summed E-state index contributed by atoms with van der Waals surface area (Å²) in [7, 11) is 0. The Balaban J connectivity index is -0.000000357. The van der Waals surface area contributed by atoms with Gasteiger partial charge in [-0.15, -0.1) is 131 Å². The molecule has 8 heterocycles. The summed E-state index contributed by atoms with van der Waals surface area (Å²) in [6, 6.07) is 1.60. The summed E-state index contributed by atoms with van der Waals surface area (Å²) < 4.78 is 0. The van der Waals surface area contributed by atoms with Crippen molar-refractivity contribution >= 4 is 0 Å². The number of piperidine rings is 7. The first-order valence-electron chi connectivity index (χ1n) is 22.7. The van der Waals surface area contributed by atoms with E-state index in [9.17, 15) is 0 Å². The van der Waals surface area contributed by atoms with Gasteiger partial charge < -0.3 is 69.5 Å². The minimum Gasteiger partial charge on any atom is -0.693 e. The minimum atomic E-state index is -1.50. The van der Waals surface area contributed by atoms with Crippen LogP contribution in [-0.2, 0) is 51.2 Å². The van der Waals surface area contributed by atoms with Crippen LogP contribution in [0.2, 0.25) is 0 Å². The van der Waals surface area contributed by atoms with Crippen LogP contribution in [0.5, 0.6) is 0 Å². The number of nitrogens with two attached hydrogens (primary N) is 1. The monoisotopic (exact) mass is 1120 g/mol. The fourth-order valence-corrected chi connectivity index (χ4v) is 8.91. The van der Waals surface area contributed by atoms with Gasteiger partial charge in [0, 0.05) is 34.1 Å². The quantitative estimate of drug-likeness (QED) is 0.116. The Morgan fingerprint density at radius 3 is 0.941 bits per heavy atom. The molecule has 25 nitrogen and oxygen atoms in total. The molecule has 3 unspecified atom stereocenters. The van der Waals surface area contributed by atoms with Gasteiger partial charge in [-0.05, 0) is 23.7 Å². The molecule has 28 heteroatoms. The molecule has 412 valence electrons. The van der Waals surface area contributed by atoms with Crippen molar-refractivity contribution in [3.05, 3.63) is 113 Å². The summed E-state index contributed by atoms with van der Waals surface area (Å²) in [6.07, 6.45) is 28.8. The fourth-order valence-electron chi connectivity index (χ4n) is 8.91. The Bertz CT molecular complexity index is 1100. The molecule has 3 atom stereocenters. The average molecular weight is 1120 g/mol. The van der Waals surface area contributed by atoms with Crippen LogP contribution in [-0.4, -0.2) is 138 Å². The Kier molecular flexibility index (Phi) is 50.7. The second kappa shape index (κ2) is 48.0. The number of hydrogen-bond acceptors (Lipinski definition) is 8. The maximum absolute atomic E-state index is 8.36. The van der Waals surface area contributed by atoms with Crippen molar-refractivity contribution in [3.8, 4) is 0 Å². The maximum Gasteiger partial charge on any atom is 1.00 e. The number of allylic oxidation sites excluding steroid dienone is 2. The van der Waals surface area contributed by atoms with Gasteiger partial charge >= 0.3 is 17.1 Å². The van der Waals surface area contributed by atoms with Crippen molar-refractivity contribution in [2.45, 2.75) is 127 Å². The standard InChI is InChI=1S/3C10H18N2.C10H14N2.3Cu.4HNO3.H2N/c2*1-5-11-6-2-9(1)10-3-7-12-8-4-10;2*1-3-7-11-9(5-1)10-6-2-4-8-12-10;;;;4*2-1(3)4;/h3*9-10H,1-8H2;1,3,5,10H,2,4,6-8H2;;;;4*(H,2,3,4);1H2/q4*-2;;;+1;;;;;-1. The summed E-state index contributed by atoms with van der Waals surface area (Å²) in [5.41, 5.74) is 1.19. The zero-order valence-electron chi connectivity index (χ0n) is 38.7. The van der Waals surface area contributed by atoms with Crippen molar-refractivity contribution in [1.29, 1.82) is 0 Å². The molecule has 0 aromatic rings. The van der Waals surface area contributed by atoms with Crippen LogP contribution < -0.4 is 0 Å². The van der Waals surface area contributed by atoms with Gasteiger partial charge in [0.05, 0.1) is 0 Å². The Labute approximate surface area is 433 Å². The maximum atomic E-state index is 8.36. The van der Waals surface area contributed by atoms with E-state index in [-0.39, 0.29) is 57.4 Å². The van der Waals surface area contributed by atoms with Crippen LogP contribution in [0.25, 0.3) is 48.7 Å². The third-order valence-electron chi connectivity index (χ3n) is 11.9. The topological polar surface area (TPSA) is 400 Å². The van der Waals surface area contributed by atoms with E-state index < -0.39 is 20.3 Å². The Hall–Kier alpha value is -2.68. The molecule has 0 aromatic carbocycles. The van der Waals surface area contributed by atoms with Crippen LogP contribution in [0.15, 0.2) is 23.9 Å². The van der Waals surface area contributed by atoms with E-state index in [1.54, 1.807) is 0 Å². The molecule has 2 radical (unpaired) electrons. The third kappa shape index (κ3) is 41.1. The van der Waals surface area contributed by atoms with E-state index in [0.717, 1.165) is 102 Å². The largest absolute Gasteiger partial charge is 1.00 e. The summed E-state index contributed by atoms with van der Waals surface area (Å²) in [5, 5.41) is 90.5. The van der Waals surface area contributed by atoms with Gasteiger partial charge in [-0.25, -0.2) is 0 Å². The van der Waals surface area contributed by atoms with Crippen molar-refractivity contribution in [1.82, 2.24) is 0 Å². The van der Waals surface area contributed by atoms with Crippen molar-refractivity contribution in [2.75, 3.05) is 78.5 Å². The van der Waals surface area contributed by atoms with Gasteiger partial charge in [0.15, 0.2) is 0 Å². The summed E-state index contributed by atoms with van der Waals surface area (Å²) in [6.45, 7) is 13.0. The van der Waals surface area contributed by atoms with E-state index in [1.807, 2.05) is 0 Å². The molecule has 8 aliphatic heterocycles. The minimum absolute atomic E-state index is 0. The molecule has 0 amide bonds.